The van der Waals surface area contributed by atoms with Gasteiger partial charge in [-0.1, -0.05) is 15.9 Å². The predicted molar refractivity (Wildman–Crippen MR) is 76.8 cm³/mol. The van der Waals surface area contributed by atoms with Crippen LogP contribution in [-0.4, -0.2) is 33.8 Å². The Bertz CT molecular complexity index is 531. The Labute approximate surface area is 116 Å². The van der Waals surface area contributed by atoms with Crippen molar-refractivity contribution in [1.29, 1.82) is 0 Å². The molecule has 0 aliphatic carbocycles. The van der Waals surface area contributed by atoms with E-state index in [1.165, 1.54) is 0 Å². The Morgan fingerprint density at radius 1 is 1.50 bits per heavy atom. The van der Waals surface area contributed by atoms with E-state index in [4.69, 9.17) is 0 Å². The third-order valence-electron chi connectivity index (χ3n) is 3.04. The zero-order chi connectivity index (χ0) is 13.2. The van der Waals surface area contributed by atoms with Crippen LogP contribution in [0.5, 0.6) is 0 Å². The molecule has 1 atom stereocenters. The molecule has 0 bridgehead atoms. The Kier molecular flexibility index (Phi) is 4.29. The smallest absolute Gasteiger partial charge is 0.182 e. The molecule has 1 aromatic rings. The molecule has 1 heterocycles. The summed E-state index contributed by atoms with van der Waals surface area (Å²) in [7, 11) is -1.25. The van der Waals surface area contributed by atoms with Gasteiger partial charge in [-0.25, -0.2) is 8.42 Å². The summed E-state index contributed by atoms with van der Waals surface area (Å²) < 4.78 is 25.2. The zero-order valence-electron chi connectivity index (χ0n) is 10.2. The van der Waals surface area contributed by atoms with Crippen LogP contribution in [0.25, 0.3) is 0 Å². The molecule has 0 amide bonds. The first-order chi connectivity index (χ1) is 8.53. The van der Waals surface area contributed by atoms with Crippen LogP contribution in [0.15, 0.2) is 27.6 Å². The zero-order valence-corrected chi connectivity index (χ0v) is 12.6. The Hall–Kier alpha value is -0.590. The van der Waals surface area contributed by atoms with Crippen LogP contribution < -0.4 is 10.6 Å². The van der Waals surface area contributed by atoms with E-state index in [2.05, 4.69) is 26.6 Å². The van der Waals surface area contributed by atoms with Gasteiger partial charge in [0.1, 0.15) is 0 Å². The van der Waals surface area contributed by atoms with E-state index in [-0.39, 0.29) is 11.8 Å². The first-order valence-corrected chi connectivity index (χ1v) is 8.41. The van der Waals surface area contributed by atoms with Crippen molar-refractivity contribution in [2.24, 2.45) is 0 Å². The molecular formula is C12H17BrN2O2S. The maximum Gasteiger partial charge on any atom is 0.182 e. The maximum absolute atomic E-state index is 12.2. The lowest BCUT2D eigenvalue weighted by atomic mass is 10.1. The highest BCUT2D eigenvalue weighted by molar-refractivity contribution is 9.10. The molecule has 1 unspecified atom stereocenters. The predicted octanol–water partition coefficient (Wildman–Crippen LogP) is 2.02. The number of halogens is 1. The summed E-state index contributed by atoms with van der Waals surface area (Å²) in [4.78, 5) is 0.413. The van der Waals surface area contributed by atoms with Crippen LogP contribution in [0.2, 0.25) is 0 Å². The average Bonchev–Trinajstić information content (AvgIpc) is 2.27. The Morgan fingerprint density at radius 2 is 2.28 bits per heavy atom. The molecule has 2 rings (SSSR count). The fourth-order valence-electron chi connectivity index (χ4n) is 2.18. The van der Waals surface area contributed by atoms with Crippen molar-refractivity contribution < 1.29 is 8.42 Å². The van der Waals surface area contributed by atoms with Crippen molar-refractivity contribution in [1.82, 2.24) is 5.32 Å². The van der Waals surface area contributed by atoms with Crippen LogP contribution in [-0.2, 0) is 9.84 Å². The quantitative estimate of drug-likeness (QED) is 0.828. The van der Waals surface area contributed by atoms with E-state index in [0.29, 0.717) is 10.6 Å². The molecule has 0 aromatic heterocycles. The summed E-state index contributed by atoms with van der Waals surface area (Å²) in [5.41, 5.74) is 0.713. The number of nitrogens with one attached hydrogen (secondary N) is 2. The number of fused-ring (bicyclic) bond motifs is 1. The lowest BCUT2D eigenvalue weighted by molar-refractivity contribution is 0.569. The van der Waals surface area contributed by atoms with E-state index in [0.717, 1.165) is 23.9 Å². The van der Waals surface area contributed by atoms with Gasteiger partial charge in [-0.3, -0.25) is 0 Å². The van der Waals surface area contributed by atoms with Crippen molar-refractivity contribution in [3.63, 3.8) is 0 Å². The van der Waals surface area contributed by atoms with Crippen molar-refractivity contribution in [3.05, 3.63) is 22.7 Å². The molecule has 0 fully saturated rings. The number of anilines is 1. The lowest BCUT2D eigenvalue weighted by Crippen LogP contribution is -2.34. The largest absolute Gasteiger partial charge is 0.380 e. The number of sulfone groups is 1. The molecule has 1 aliphatic heterocycles. The van der Waals surface area contributed by atoms with Gasteiger partial charge < -0.3 is 10.6 Å². The monoisotopic (exact) mass is 332 g/mol. The molecule has 1 aromatic carbocycles. The van der Waals surface area contributed by atoms with Gasteiger partial charge in [0.05, 0.1) is 16.3 Å². The van der Waals surface area contributed by atoms with Gasteiger partial charge in [0.25, 0.3) is 0 Å². The van der Waals surface area contributed by atoms with Crippen LogP contribution in [0.3, 0.4) is 0 Å². The molecule has 4 nitrogen and oxygen atoms in total. The van der Waals surface area contributed by atoms with E-state index in [1.807, 2.05) is 13.1 Å². The summed E-state index contributed by atoms with van der Waals surface area (Å²) in [6.45, 7) is 0.906. The first kappa shape index (κ1) is 13.8. The summed E-state index contributed by atoms with van der Waals surface area (Å²) in [5, 5.41) is 6.39. The summed E-state index contributed by atoms with van der Waals surface area (Å²) in [5.74, 6) is 0.186. The maximum atomic E-state index is 12.2. The molecule has 6 heteroatoms. The highest BCUT2D eigenvalue weighted by Gasteiger charge is 2.29. The van der Waals surface area contributed by atoms with E-state index < -0.39 is 9.84 Å². The molecular weight excluding hydrogens is 316 g/mol. The standard InChI is InChI=1S/C12H17BrN2O2S/c1-14-6-2-3-10-8-18(16,17)12-5-4-9(13)7-11(12)15-10/h4-5,7,10,14-15H,2-3,6,8H2,1H3. The minimum Gasteiger partial charge on any atom is -0.380 e. The van der Waals surface area contributed by atoms with Gasteiger partial charge in [-0.05, 0) is 44.6 Å². The van der Waals surface area contributed by atoms with E-state index >= 15 is 0 Å². The van der Waals surface area contributed by atoms with Crippen molar-refractivity contribution >= 4 is 31.5 Å². The summed E-state index contributed by atoms with van der Waals surface area (Å²) in [6, 6.07) is 5.26. The molecule has 2 N–H and O–H groups in total. The summed E-state index contributed by atoms with van der Waals surface area (Å²) >= 11 is 3.37. The second-order valence-corrected chi connectivity index (χ2v) is 7.43. The van der Waals surface area contributed by atoms with Gasteiger partial charge in [-0.15, -0.1) is 0 Å². The lowest BCUT2D eigenvalue weighted by Gasteiger charge is -2.27. The normalized spacial score (nSPS) is 21.1. The fourth-order valence-corrected chi connectivity index (χ4v) is 4.23. The number of rotatable bonds is 4. The third-order valence-corrected chi connectivity index (χ3v) is 5.40. The Balaban J connectivity index is 2.20. The van der Waals surface area contributed by atoms with Gasteiger partial charge in [-0.2, -0.15) is 0 Å². The third kappa shape index (κ3) is 3.05. The molecule has 100 valence electrons. The van der Waals surface area contributed by atoms with Crippen molar-refractivity contribution in [2.75, 3.05) is 24.7 Å². The molecule has 0 radical (unpaired) electrons. The van der Waals surface area contributed by atoms with Crippen LogP contribution >= 0.6 is 15.9 Å². The molecule has 18 heavy (non-hydrogen) atoms. The number of hydrogen-bond acceptors (Lipinski definition) is 4. The molecule has 0 spiro atoms. The van der Waals surface area contributed by atoms with Crippen LogP contribution in [0.1, 0.15) is 12.8 Å². The molecule has 1 aliphatic rings. The van der Waals surface area contributed by atoms with Gasteiger partial charge >= 0.3 is 0 Å². The molecule has 0 saturated carbocycles. The minimum absolute atomic E-state index is 0.00477. The van der Waals surface area contributed by atoms with Crippen LogP contribution in [0.4, 0.5) is 5.69 Å². The van der Waals surface area contributed by atoms with Crippen molar-refractivity contribution in [3.8, 4) is 0 Å². The highest BCUT2D eigenvalue weighted by atomic mass is 79.9. The Morgan fingerprint density at radius 3 is 3.00 bits per heavy atom. The first-order valence-electron chi connectivity index (χ1n) is 5.96. The van der Waals surface area contributed by atoms with Crippen LogP contribution in [0, 0.1) is 0 Å². The topological polar surface area (TPSA) is 58.2 Å². The van der Waals surface area contributed by atoms with Gasteiger partial charge in [0.2, 0.25) is 0 Å². The fraction of sp³-hybridized carbons (Fsp3) is 0.500. The number of benzene rings is 1. The second kappa shape index (κ2) is 5.59. The highest BCUT2D eigenvalue weighted by Crippen LogP contribution is 2.31. The van der Waals surface area contributed by atoms with E-state index in [1.54, 1.807) is 12.1 Å². The molecule has 0 saturated heterocycles. The SMILES string of the molecule is CNCCCC1CS(=O)(=O)c2ccc(Br)cc2N1. The van der Waals surface area contributed by atoms with Gasteiger partial charge in [0.15, 0.2) is 9.84 Å². The van der Waals surface area contributed by atoms with Gasteiger partial charge in [0, 0.05) is 10.5 Å². The summed E-state index contributed by atoms with van der Waals surface area (Å²) in [6.07, 6.45) is 1.82. The van der Waals surface area contributed by atoms with Crippen molar-refractivity contribution in [2.45, 2.75) is 23.8 Å². The van der Waals surface area contributed by atoms with E-state index in [9.17, 15) is 8.42 Å². The average molecular weight is 333 g/mol. The minimum atomic E-state index is -3.15. The second-order valence-electron chi connectivity index (χ2n) is 4.51. The number of hydrogen-bond donors (Lipinski definition) is 2.